The van der Waals surface area contributed by atoms with Crippen molar-refractivity contribution in [2.75, 3.05) is 19.8 Å². The SMILES string of the molecule is CCCc1cccc(C(NCC)C2CCOC2)c1. The van der Waals surface area contributed by atoms with E-state index in [9.17, 15) is 0 Å². The quantitative estimate of drug-likeness (QED) is 0.832. The van der Waals surface area contributed by atoms with Crippen molar-refractivity contribution in [3.05, 3.63) is 35.4 Å². The first-order valence-electron chi connectivity index (χ1n) is 7.25. The van der Waals surface area contributed by atoms with Crippen molar-refractivity contribution in [3.63, 3.8) is 0 Å². The first-order chi connectivity index (χ1) is 8.85. The van der Waals surface area contributed by atoms with E-state index < -0.39 is 0 Å². The third-order valence-electron chi connectivity index (χ3n) is 3.71. The van der Waals surface area contributed by atoms with E-state index in [2.05, 4.69) is 43.4 Å². The topological polar surface area (TPSA) is 21.3 Å². The first kappa shape index (κ1) is 13.6. The summed E-state index contributed by atoms with van der Waals surface area (Å²) in [4.78, 5) is 0. The molecule has 0 saturated carbocycles. The van der Waals surface area contributed by atoms with Gasteiger partial charge in [0.2, 0.25) is 0 Å². The third kappa shape index (κ3) is 3.33. The molecule has 1 aromatic carbocycles. The fourth-order valence-electron chi connectivity index (χ4n) is 2.82. The van der Waals surface area contributed by atoms with Crippen LogP contribution in [0.2, 0.25) is 0 Å². The predicted molar refractivity (Wildman–Crippen MR) is 75.8 cm³/mol. The maximum absolute atomic E-state index is 5.54. The van der Waals surface area contributed by atoms with E-state index in [1.807, 2.05) is 0 Å². The molecule has 0 radical (unpaired) electrons. The first-order valence-corrected chi connectivity index (χ1v) is 7.25. The number of aryl methyl sites for hydroxylation is 1. The molecule has 2 nitrogen and oxygen atoms in total. The molecule has 1 aromatic rings. The van der Waals surface area contributed by atoms with Crippen LogP contribution in [0.5, 0.6) is 0 Å². The highest BCUT2D eigenvalue weighted by atomic mass is 16.5. The van der Waals surface area contributed by atoms with E-state index in [1.165, 1.54) is 30.4 Å². The Kier molecular flexibility index (Phi) is 5.21. The Balaban J connectivity index is 2.15. The monoisotopic (exact) mass is 247 g/mol. The van der Waals surface area contributed by atoms with Gasteiger partial charge < -0.3 is 10.1 Å². The minimum absolute atomic E-state index is 0.453. The van der Waals surface area contributed by atoms with Crippen LogP contribution in [0.15, 0.2) is 24.3 Å². The van der Waals surface area contributed by atoms with Gasteiger partial charge in [0.25, 0.3) is 0 Å². The molecule has 1 heterocycles. The van der Waals surface area contributed by atoms with Gasteiger partial charge in [-0.15, -0.1) is 0 Å². The lowest BCUT2D eigenvalue weighted by Crippen LogP contribution is -2.28. The average Bonchev–Trinajstić information content (AvgIpc) is 2.90. The van der Waals surface area contributed by atoms with Gasteiger partial charge in [-0.3, -0.25) is 0 Å². The van der Waals surface area contributed by atoms with Gasteiger partial charge in [-0.25, -0.2) is 0 Å². The molecule has 1 aliphatic heterocycles. The summed E-state index contributed by atoms with van der Waals surface area (Å²) in [5, 5.41) is 3.63. The number of ether oxygens (including phenoxy) is 1. The number of hydrogen-bond acceptors (Lipinski definition) is 2. The van der Waals surface area contributed by atoms with E-state index in [1.54, 1.807) is 0 Å². The fourth-order valence-corrected chi connectivity index (χ4v) is 2.82. The predicted octanol–water partition coefficient (Wildman–Crippen LogP) is 3.33. The minimum atomic E-state index is 0.453. The Bertz CT molecular complexity index is 358. The fraction of sp³-hybridized carbons (Fsp3) is 0.625. The van der Waals surface area contributed by atoms with Gasteiger partial charge in [0.05, 0.1) is 6.61 Å². The lowest BCUT2D eigenvalue weighted by Gasteiger charge is -2.24. The molecule has 0 aliphatic carbocycles. The molecule has 0 amide bonds. The van der Waals surface area contributed by atoms with Gasteiger partial charge in [0, 0.05) is 18.6 Å². The Morgan fingerprint density at radius 3 is 2.94 bits per heavy atom. The maximum Gasteiger partial charge on any atom is 0.0513 e. The van der Waals surface area contributed by atoms with Crippen molar-refractivity contribution in [3.8, 4) is 0 Å². The normalized spacial score (nSPS) is 21.1. The van der Waals surface area contributed by atoms with Crippen LogP contribution in [0.25, 0.3) is 0 Å². The van der Waals surface area contributed by atoms with Crippen molar-refractivity contribution in [1.82, 2.24) is 5.32 Å². The van der Waals surface area contributed by atoms with Gasteiger partial charge in [-0.2, -0.15) is 0 Å². The lowest BCUT2D eigenvalue weighted by atomic mass is 9.91. The van der Waals surface area contributed by atoms with Crippen LogP contribution >= 0.6 is 0 Å². The summed E-state index contributed by atoms with van der Waals surface area (Å²) in [7, 11) is 0. The number of nitrogens with one attached hydrogen (secondary N) is 1. The average molecular weight is 247 g/mol. The zero-order valence-electron chi connectivity index (χ0n) is 11.6. The second-order valence-corrected chi connectivity index (χ2v) is 5.15. The Morgan fingerprint density at radius 2 is 2.28 bits per heavy atom. The number of rotatable bonds is 6. The second-order valence-electron chi connectivity index (χ2n) is 5.15. The van der Waals surface area contributed by atoms with Gasteiger partial charge in [-0.1, -0.05) is 44.5 Å². The molecule has 2 heteroatoms. The largest absolute Gasteiger partial charge is 0.381 e. The second kappa shape index (κ2) is 6.91. The molecule has 18 heavy (non-hydrogen) atoms. The summed E-state index contributed by atoms with van der Waals surface area (Å²) < 4.78 is 5.54. The molecular weight excluding hydrogens is 222 g/mol. The Labute approximate surface area is 111 Å². The molecular formula is C16H25NO. The summed E-state index contributed by atoms with van der Waals surface area (Å²) in [5.41, 5.74) is 2.88. The molecule has 0 aromatic heterocycles. The van der Waals surface area contributed by atoms with Crippen molar-refractivity contribution in [2.24, 2.45) is 5.92 Å². The highest BCUT2D eigenvalue weighted by Gasteiger charge is 2.26. The van der Waals surface area contributed by atoms with Crippen molar-refractivity contribution in [2.45, 2.75) is 39.2 Å². The summed E-state index contributed by atoms with van der Waals surface area (Å²) >= 11 is 0. The van der Waals surface area contributed by atoms with Crippen LogP contribution in [-0.4, -0.2) is 19.8 Å². The van der Waals surface area contributed by atoms with Gasteiger partial charge in [-0.05, 0) is 30.5 Å². The standard InChI is InChI=1S/C16H25NO/c1-3-6-13-7-5-8-14(11-13)16(17-4-2)15-9-10-18-12-15/h5,7-8,11,15-17H,3-4,6,9-10,12H2,1-2H3. The maximum atomic E-state index is 5.54. The molecule has 0 spiro atoms. The molecule has 1 fully saturated rings. The molecule has 0 bridgehead atoms. The Hall–Kier alpha value is -0.860. The summed E-state index contributed by atoms with van der Waals surface area (Å²) in [6.07, 6.45) is 3.56. The van der Waals surface area contributed by atoms with Crippen LogP contribution in [0.4, 0.5) is 0 Å². The molecule has 100 valence electrons. The van der Waals surface area contributed by atoms with E-state index in [0.29, 0.717) is 12.0 Å². The van der Waals surface area contributed by atoms with Crippen molar-refractivity contribution < 1.29 is 4.74 Å². The molecule has 1 saturated heterocycles. The summed E-state index contributed by atoms with van der Waals surface area (Å²) in [6.45, 7) is 7.24. The van der Waals surface area contributed by atoms with Crippen molar-refractivity contribution >= 4 is 0 Å². The van der Waals surface area contributed by atoms with Crippen LogP contribution in [0, 0.1) is 5.92 Å². The summed E-state index contributed by atoms with van der Waals surface area (Å²) in [5.74, 6) is 0.627. The molecule has 2 atom stereocenters. The number of hydrogen-bond donors (Lipinski definition) is 1. The van der Waals surface area contributed by atoms with Crippen LogP contribution < -0.4 is 5.32 Å². The zero-order chi connectivity index (χ0) is 12.8. The lowest BCUT2D eigenvalue weighted by molar-refractivity contribution is 0.177. The highest BCUT2D eigenvalue weighted by Crippen LogP contribution is 2.29. The van der Waals surface area contributed by atoms with Gasteiger partial charge >= 0.3 is 0 Å². The Morgan fingerprint density at radius 1 is 1.39 bits per heavy atom. The zero-order valence-corrected chi connectivity index (χ0v) is 11.6. The highest BCUT2D eigenvalue weighted by molar-refractivity contribution is 5.27. The number of benzene rings is 1. The van der Waals surface area contributed by atoms with Gasteiger partial charge in [0.15, 0.2) is 0 Å². The van der Waals surface area contributed by atoms with Gasteiger partial charge in [0.1, 0.15) is 0 Å². The van der Waals surface area contributed by atoms with Crippen molar-refractivity contribution in [1.29, 1.82) is 0 Å². The molecule has 2 unspecified atom stereocenters. The van der Waals surface area contributed by atoms with E-state index in [-0.39, 0.29) is 0 Å². The summed E-state index contributed by atoms with van der Waals surface area (Å²) in [6, 6.07) is 9.51. The van der Waals surface area contributed by atoms with Crippen LogP contribution in [0.3, 0.4) is 0 Å². The minimum Gasteiger partial charge on any atom is -0.381 e. The smallest absolute Gasteiger partial charge is 0.0513 e. The van der Waals surface area contributed by atoms with E-state index in [0.717, 1.165) is 19.8 Å². The molecule has 1 N–H and O–H groups in total. The van der Waals surface area contributed by atoms with E-state index in [4.69, 9.17) is 4.74 Å². The molecule has 1 aliphatic rings. The molecule has 2 rings (SSSR count). The third-order valence-corrected chi connectivity index (χ3v) is 3.71. The van der Waals surface area contributed by atoms with E-state index >= 15 is 0 Å². The van der Waals surface area contributed by atoms with Crippen LogP contribution in [0.1, 0.15) is 43.9 Å². The van der Waals surface area contributed by atoms with Crippen LogP contribution in [-0.2, 0) is 11.2 Å².